The van der Waals surface area contributed by atoms with Gasteiger partial charge in [0, 0.05) is 23.9 Å². The van der Waals surface area contributed by atoms with Crippen LogP contribution in [-0.2, 0) is 26.3 Å². The first-order chi connectivity index (χ1) is 8.47. The summed E-state index contributed by atoms with van der Waals surface area (Å²) < 4.78 is 29.3. The van der Waals surface area contributed by atoms with E-state index >= 15 is 0 Å². The van der Waals surface area contributed by atoms with Gasteiger partial charge in [0.2, 0.25) is 0 Å². The van der Waals surface area contributed by atoms with Gasteiger partial charge in [0.25, 0.3) is 10.1 Å². The van der Waals surface area contributed by atoms with Crippen LogP contribution in [0.15, 0.2) is 18.3 Å². The fourth-order valence-electron chi connectivity index (χ4n) is 2.98. The molecule has 1 aromatic rings. The zero-order valence-corrected chi connectivity index (χ0v) is 11.9. The van der Waals surface area contributed by atoms with Crippen LogP contribution in [0.25, 0.3) is 0 Å². The standard InChI is InChI=1S/C13H21NO3S/c1-3-13(8-11-17-18(2,15)16)7-5-10-14-9-4-6-12(13)14/h4,6,9H,3,5,7-8,10-11H2,1-2H3. The largest absolute Gasteiger partial charge is 0.351 e. The second-order valence-corrected chi connectivity index (χ2v) is 6.74. The fourth-order valence-corrected chi connectivity index (χ4v) is 3.37. The molecule has 0 radical (unpaired) electrons. The van der Waals surface area contributed by atoms with Crippen LogP contribution in [0.3, 0.4) is 0 Å². The van der Waals surface area contributed by atoms with E-state index in [9.17, 15) is 8.42 Å². The van der Waals surface area contributed by atoms with Crippen molar-refractivity contribution in [2.75, 3.05) is 12.9 Å². The molecule has 1 unspecified atom stereocenters. The number of nitrogens with zero attached hydrogens (tertiary/aromatic N) is 1. The zero-order chi connectivity index (χ0) is 13.2. The minimum atomic E-state index is -3.33. The highest BCUT2D eigenvalue weighted by molar-refractivity contribution is 7.85. The summed E-state index contributed by atoms with van der Waals surface area (Å²) in [5.41, 5.74) is 1.40. The van der Waals surface area contributed by atoms with Crippen molar-refractivity contribution in [3.05, 3.63) is 24.0 Å². The first-order valence-corrected chi connectivity index (χ1v) is 8.28. The summed E-state index contributed by atoms with van der Waals surface area (Å²) in [5, 5.41) is 0. The molecule has 1 aliphatic heterocycles. The molecule has 0 N–H and O–H groups in total. The van der Waals surface area contributed by atoms with E-state index in [1.165, 1.54) is 5.69 Å². The molecule has 0 saturated carbocycles. The topological polar surface area (TPSA) is 48.3 Å². The van der Waals surface area contributed by atoms with Crippen molar-refractivity contribution in [1.29, 1.82) is 0 Å². The van der Waals surface area contributed by atoms with E-state index in [1.54, 1.807) is 0 Å². The Morgan fingerprint density at radius 2 is 2.28 bits per heavy atom. The molecule has 1 atom stereocenters. The molecular formula is C13H21NO3S. The van der Waals surface area contributed by atoms with E-state index in [4.69, 9.17) is 4.18 Å². The minimum absolute atomic E-state index is 0.0758. The number of hydrogen-bond acceptors (Lipinski definition) is 3. The maximum Gasteiger partial charge on any atom is 0.264 e. The fraction of sp³-hybridized carbons (Fsp3) is 0.692. The number of rotatable bonds is 5. The predicted molar refractivity (Wildman–Crippen MR) is 71.0 cm³/mol. The molecule has 0 spiro atoms. The van der Waals surface area contributed by atoms with Gasteiger partial charge in [0.05, 0.1) is 12.9 Å². The molecule has 2 heterocycles. The molecule has 2 rings (SSSR count). The lowest BCUT2D eigenvalue weighted by Crippen LogP contribution is -2.34. The SMILES string of the molecule is CCC1(CCOS(C)(=O)=O)CCCn2cccc21. The van der Waals surface area contributed by atoms with E-state index in [0.29, 0.717) is 0 Å². The van der Waals surface area contributed by atoms with Gasteiger partial charge in [0.15, 0.2) is 0 Å². The molecule has 0 aromatic carbocycles. The van der Waals surface area contributed by atoms with E-state index in [1.807, 2.05) is 0 Å². The number of aromatic nitrogens is 1. The average molecular weight is 271 g/mol. The van der Waals surface area contributed by atoms with Gasteiger partial charge in [0.1, 0.15) is 0 Å². The number of aryl methyl sites for hydroxylation is 1. The molecule has 0 saturated heterocycles. The monoisotopic (exact) mass is 271 g/mol. The molecule has 0 fully saturated rings. The molecule has 102 valence electrons. The average Bonchev–Trinajstić information content (AvgIpc) is 2.76. The molecule has 0 amide bonds. The number of fused-ring (bicyclic) bond motifs is 1. The van der Waals surface area contributed by atoms with Crippen molar-refractivity contribution >= 4 is 10.1 Å². The summed E-state index contributed by atoms with van der Waals surface area (Å²) in [4.78, 5) is 0. The Kier molecular flexibility index (Phi) is 3.82. The van der Waals surface area contributed by atoms with Gasteiger partial charge in [-0.1, -0.05) is 6.92 Å². The Labute approximate surface area is 109 Å². The third kappa shape index (κ3) is 2.78. The minimum Gasteiger partial charge on any atom is -0.351 e. The van der Waals surface area contributed by atoms with Crippen LogP contribution in [0.5, 0.6) is 0 Å². The van der Waals surface area contributed by atoms with Gasteiger partial charge in [-0.3, -0.25) is 4.18 Å². The summed E-state index contributed by atoms with van der Waals surface area (Å²) in [6.45, 7) is 3.51. The van der Waals surface area contributed by atoms with Gasteiger partial charge in [-0.15, -0.1) is 0 Å². The van der Waals surface area contributed by atoms with Crippen molar-refractivity contribution in [3.63, 3.8) is 0 Å². The maximum absolute atomic E-state index is 11.0. The second-order valence-electron chi connectivity index (χ2n) is 5.10. The van der Waals surface area contributed by atoms with Gasteiger partial charge >= 0.3 is 0 Å². The molecule has 18 heavy (non-hydrogen) atoms. The van der Waals surface area contributed by atoms with Crippen molar-refractivity contribution < 1.29 is 12.6 Å². The Bertz CT molecular complexity index is 506. The van der Waals surface area contributed by atoms with Crippen molar-refractivity contribution in [3.8, 4) is 0 Å². The molecule has 5 heteroatoms. The lowest BCUT2D eigenvalue weighted by molar-refractivity contribution is 0.218. The second kappa shape index (κ2) is 5.05. The molecule has 0 bridgehead atoms. The summed E-state index contributed by atoms with van der Waals surface area (Å²) in [5.74, 6) is 0. The highest BCUT2D eigenvalue weighted by Crippen LogP contribution is 2.40. The van der Waals surface area contributed by atoms with Crippen LogP contribution in [0, 0.1) is 0 Å². The smallest absolute Gasteiger partial charge is 0.264 e. The Morgan fingerprint density at radius 3 is 2.94 bits per heavy atom. The third-order valence-corrected chi connectivity index (χ3v) is 4.58. The Morgan fingerprint density at radius 1 is 1.50 bits per heavy atom. The van der Waals surface area contributed by atoms with Crippen LogP contribution in [0.4, 0.5) is 0 Å². The summed E-state index contributed by atoms with van der Waals surface area (Å²) in [7, 11) is -3.33. The van der Waals surface area contributed by atoms with E-state index < -0.39 is 10.1 Å². The van der Waals surface area contributed by atoms with Crippen LogP contribution < -0.4 is 0 Å². The normalized spacial score (nSPS) is 23.9. The van der Waals surface area contributed by atoms with Gasteiger partial charge in [-0.25, -0.2) is 0 Å². The summed E-state index contributed by atoms with van der Waals surface area (Å²) >= 11 is 0. The van der Waals surface area contributed by atoms with Crippen LogP contribution in [-0.4, -0.2) is 25.8 Å². The summed E-state index contributed by atoms with van der Waals surface area (Å²) in [6, 6.07) is 4.23. The van der Waals surface area contributed by atoms with Crippen molar-refractivity contribution in [1.82, 2.24) is 4.57 Å². The molecule has 4 nitrogen and oxygen atoms in total. The van der Waals surface area contributed by atoms with Crippen LogP contribution >= 0.6 is 0 Å². The highest BCUT2D eigenvalue weighted by atomic mass is 32.2. The Balaban J connectivity index is 2.13. The lowest BCUT2D eigenvalue weighted by Gasteiger charge is -2.38. The first kappa shape index (κ1) is 13.6. The first-order valence-electron chi connectivity index (χ1n) is 6.47. The van der Waals surface area contributed by atoms with Gasteiger partial charge < -0.3 is 4.57 Å². The Hall–Kier alpha value is -0.810. The van der Waals surface area contributed by atoms with Gasteiger partial charge in [-0.2, -0.15) is 8.42 Å². The van der Waals surface area contributed by atoms with Crippen molar-refractivity contribution in [2.45, 2.75) is 44.6 Å². The highest BCUT2D eigenvalue weighted by Gasteiger charge is 2.35. The molecule has 1 aliphatic rings. The maximum atomic E-state index is 11.0. The summed E-state index contributed by atoms with van der Waals surface area (Å²) in [6.07, 6.45) is 7.26. The van der Waals surface area contributed by atoms with Crippen LogP contribution in [0.2, 0.25) is 0 Å². The molecule has 0 aliphatic carbocycles. The van der Waals surface area contributed by atoms with Crippen molar-refractivity contribution in [2.24, 2.45) is 0 Å². The van der Waals surface area contributed by atoms with Gasteiger partial charge in [-0.05, 0) is 37.8 Å². The van der Waals surface area contributed by atoms with Crippen LogP contribution in [0.1, 0.15) is 38.3 Å². The lowest BCUT2D eigenvalue weighted by atomic mass is 9.73. The zero-order valence-electron chi connectivity index (χ0n) is 11.1. The van der Waals surface area contributed by atoms with E-state index in [0.717, 1.165) is 38.5 Å². The van der Waals surface area contributed by atoms with E-state index in [-0.39, 0.29) is 12.0 Å². The third-order valence-electron chi connectivity index (χ3n) is 3.98. The molecule has 1 aromatic heterocycles. The quantitative estimate of drug-likeness (QED) is 0.772. The number of hydrogen-bond donors (Lipinski definition) is 0. The molecular weight excluding hydrogens is 250 g/mol. The predicted octanol–water partition coefficient (Wildman–Crippen LogP) is 2.30. The van der Waals surface area contributed by atoms with E-state index in [2.05, 4.69) is 29.8 Å².